The highest BCUT2D eigenvalue weighted by Crippen LogP contribution is 2.45. The van der Waals surface area contributed by atoms with Crippen LogP contribution in [0.1, 0.15) is 18.4 Å². The van der Waals surface area contributed by atoms with Crippen molar-refractivity contribution in [1.82, 2.24) is 0 Å². The maximum absolute atomic E-state index is 9.18. The van der Waals surface area contributed by atoms with E-state index < -0.39 is 0 Å². The Morgan fingerprint density at radius 3 is 2.81 bits per heavy atom. The molecule has 1 saturated carbocycles. The van der Waals surface area contributed by atoms with Gasteiger partial charge in [0.2, 0.25) is 0 Å². The molecule has 0 bridgehead atoms. The Bertz CT molecular complexity index is 435. The monoisotopic (exact) mass is 236 g/mol. The molecule has 1 aliphatic carbocycles. The molecule has 2 N–H and O–H groups in total. The second-order valence-corrected chi connectivity index (χ2v) is 4.75. The molecule has 0 saturated heterocycles. The Kier molecular flexibility index (Phi) is 3.04. The van der Waals surface area contributed by atoms with Crippen molar-refractivity contribution in [2.75, 3.05) is 18.5 Å². The molecule has 4 heteroatoms. The van der Waals surface area contributed by atoms with E-state index in [1.165, 1.54) is 0 Å². The second-order valence-electron chi connectivity index (χ2n) is 4.31. The largest absolute Gasteiger partial charge is 0.396 e. The van der Waals surface area contributed by atoms with Crippen LogP contribution in [0.4, 0.5) is 5.69 Å². The zero-order chi connectivity index (χ0) is 11.6. The minimum absolute atomic E-state index is 0.0341. The van der Waals surface area contributed by atoms with Crippen molar-refractivity contribution in [3.8, 4) is 6.07 Å². The van der Waals surface area contributed by atoms with Gasteiger partial charge in [0.1, 0.15) is 6.07 Å². The van der Waals surface area contributed by atoms with Gasteiger partial charge in [-0.1, -0.05) is 11.6 Å². The third-order valence-corrected chi connectivity index (χ3v) is 3.28. The molecule has 0 amide bonds. The van der Waals surface area contributed by atoms with Crippen molar-refractivity contribution >= 4 is 17.3 Å². The summed E-state index contributed by atoms with van der Waals surface area (Å²) in [6.07, 6.45) is 2.10. The molecular weight excluding hydrogens is 224 g/mol. The van der Waals surface area contributed by atoms with Gasteiger partial charge in [-0.3, -0.25) is 0 Å². The SMILES string of the molecule is N#Cc1cc(Cl)ccc1NCC1(CO)CC1. The van der Waals surface area contributed by atoms with E-state index >= 15 is 0 Å². The predicted molar refractivity (Wildman–Crippen MR) is 63.4 cm³/mol. The molecule has 0 radical (unpaired) electrons. The lowest BCUT2D eigenvalue weighted by Gasteiger charge is -2.14. The van der Waals surface area contributed by atoms with Crippen molar-refractivity contribution in [3.63, 3.8) is 0 Å². The fourth-order valence-corrected chi connectivity index (χ4v) is 1.79. The van der Waals surface area contributed by atoms with Crippen LogP contribution in [0.5, 0.6) is 0 Å². The van der Waals surface area contributed by atoms with Crippen molar-refractivity contribution in [3.05, 3.63) is 28.8 Å². The van der Waals surface area contributed by atoms with Crippen molar-refractivity contribution < 1.29 is 5.11 Å². The highest BCUT2D eigenvalue weighted by atomic mass is 35.5. The average molecular weight is 237 g/mol. The minimum Gasteiger partial charge on any atom is -0.396 e. The van der Waals surface area contributed by atoms with E-state index in [9.17, 15) is 5.11 Å². The number of nitrogens with zero attached hydrogens (tertiary/aromatic N) is 1. The molecule has 0 atom stereocenters. The lowest BCUT2D eigenvalue weighted by atomic mass is 10.1. The van der Waals surface area contributed by atoms with Gasteiger partial charge in [0, 0.05) is 17.0 Å². The number of nitrogens with one attached hydrogen (secondary N) is 1. The van der Waals surface area contributed by atoms with Gasteiger partial charge < -0.3 is 10.4 Å². The Morgan fingerprint density at radius 1 is 1.50 bits per heavy atom. The normalized spacial score (nSPS) is 16.6. The molecule has 16 heavy (non-hydrogen) atoms. The number of rotatable bonds is 4. The molecule has 2 rings (SSSR count). The lowest BCUT2D eigenvalue weighted by Crippen LogP contribution is -2.19. The summed E-state index contributed by atoms with van der Waals surface area (Å²) in [6, 6.07) is 7.30. The number of hydrogen-bond acceptors (Lipinski definition) is 3. The number of nitriles is 1. The molecule has 1 fully saturated rings. The molecule has 1 aliphatic rings. The first-order chi connectivity index (χ1) is 7.69. The lowest BCUT2D eigenvalue weighted by molar-refractivity contribution is 0.220. The Morgan fingerprint density at radius 2 is 2.25 bits per heavy atom. The van der Waals surface area contributed by atoms with Crippen LogP contribution in [0.2, 0.25) is 5.02 Å². The summed E-state index contributed by atoms with van der Waals surface area (Å²) < 4.78 is 0. The molecular formula is C12H13ClN2O. The molecule has 0 aromatic heterocycles. The predicted octanol–water partition coefficient (Wildman–Crippen LogP) is 2.40. The van der Waals surface area contributed by atoms with E-state index in [1.807, 2.05) is 0 Å². The van der Waals surface area contributed by atoms with Crippen LogP contribution >= 0.6 is 11.6 Å². The standard InChI is InChI=1S/C12H13ClN2O/c13-10-1-2-11(9(5-10)6-14)15-7-12(8-16)3-4-12/h1-2,5,15-16H,3-4,7-8H2. The maximum atomic E-state index is 9.18. The molecule has 0 aliphatic heterocycles. The Balaban J connectivity index is 2.07. The molecule has 1 aromatic rings. The van der Waals surface area contributed by atoms with Crippen molar-refractivity contribution in [2.45, 2.75) is 12.8 Å². The van der Waals surface area contributed by atoms with E-state index in [4.69, 9.17) is 16.9 Å². The number of aliphatic hydroxyl groups excluding tert-OH is 1. The smallest absolute Gasteiger partial charge is 0.101 e. The van der Waals surface area contributed by atoms with Crippen LogP contribution in [0.15, 0.2) is 18.2 Å². The fourth-order valence-electron chi connectivity index (χ4n) is 1.61. The Hall–Kier alpha value is -1.24. The number of benzene rings is 1. The highest BCUT2D eigenvalue weighted by molar-refractivity contribution is 6.30. The number of halogens is 1. The molecule has 84 valence electrons. The van der Waals surface area contributed by atoms with Crippen LogP contribution in [0.3, 0.4) is 0 Å². The van der Waals surface area contributed by atoms with Crippen LogP contribution < -0.4 is 5.32 Å². The summed E-state index contributed by atoms with van der Waals surface area (Å²) in [4.78, 5) is 0. The summed E-state index contributed by atoms with van der Waals surface area (Å²) in [5.74, 6) is 0. The van der Waals surface area contributed by atoms with Gasteiger partial charge in [0.05, 0.1) is 17.9 Å². The summed E-state index contributed by atoms with van der Waals surface area (Å²) >= 11 is 5.81. The summed E-state index contributed by atoms with van der Waals surface area (Å²) in [5, 5.41) is 21.9. The first-order valence-electron chi connectivity index (χ1n) is 5.23. The Labute approximate surface area is 99.7 Å². The van der Waals surface area contributed by atoms with Gasteiger partial charge in [0.25, 0.3) is 0 Å². The van der Waals surface area contributed by atoms with Crippen LogP contribution in [-0.2, 0) is 0 Å². The average Bonchev–Trinajstić information content (AvgIpc) is 3.08. The van der Waals surface area contributed by atoms with Crippen LogP contribution in [-0.4, -0.2) is 18.3 Å². The fraction of sp³-hybridized carbons (Fsp3) is 0.417. The summed E-state index contributed by atoms with van der Waals surface area (Å²) in [6.45, 7) is 0.912. The van der Waals surface area contributed by atoms with Gasteiger partial charge >= 0.3 is 0 Å². The van der Waals surface area contributed by atoms with E-state index in [2.05, 4.69) is 11.4 Å². The third-order valence-electron chi connectivity index (χ3n) is 3.05. The quantitative estimate of drug-likeness (QED) is 0.844. The van der Waals surface area contributed by atoms with Crippen molar-refractivity contribution in [2.24, 2.45) is 5.41 Å². The molecule has 0 heterocycles. The number of hydrogen-bond donors (Lipinski definition) is 2. The van der Waals surface area contributed by atoms with Crippen LogP contribution in [0, 0.1) is 16.7 Å². The highest BCUT2D eigenvalue weighted by Gasteiger charge is 2.41. The summed E-state index contributed by atoms with van der Waals surface area (Å²) in [5.41, 5.74) is 1.36. The van der Waals surface area contributed by atoms with Gasteiger partial charge in [-0.2, -0.15) is 5.26 Å². The van der Waals surface area contributed by atoms with E-state index in [1.54, 1.807) is 18.2 Å². The van der Waals surface area contributed by atoms with E-state index in [0.717, 1.165) is 18.5 Å². The minimum atomic E-state index is 0.0341. The third kappa shape index (κ3) is 2.29. The zero-order valence-electron chi connectivity index (χ0n) is 8.83. The molecule has 0 unspecified atom stereocenters. The first kappa shape index (κ1) is 11.3. The van der Waals surface area contributed by atoms with E-state index in [-0.39, 0.29) is 12.0 Å². The molecule has 1 aromatic carbocycles. The van der Waals surface area contributed by atoms with Gasteiger partial charge in [0.15, 0.2) is 0 Å². The van der Waals surface area contributed by atoms with Gasteiger partial charge in [-0.05, 0) is 31.0 Å². The topological polar surface area (TPSA) is 56.0 Å². The maximum Gasteiger partial charge on any atom is 0.101 e. The summed E-state index contributed by atoms with van der Waals surface area (Å²) in [7, 11) is 0. The van der Waals surface area contributed by atoms with Crippen LogP contribution in [0.25, 0.3) is 0 Å². The van der Waals surface area contributed by atoms with Gasteiger partial charge in [-0.25, -0.2) is 0 Å². The molecule has 3 nitrogen and oxygen atoms in total. The number of anilines is 1. The second kappa shape index (κ2) is 4.32. The first-order valence-corrected chi connectivity index (χ1v) is 5.61. The van der Waals surface area contributed by atoms with Crippen molar-refractivity contribution in [1.29, 1.82) is 5.26 Å². The molecule has 0 spiro atoms. The van der Waals surface area contributed by atoms with Gasteiger partial charge in [-0.15, -0.1) is 0 Å². The zero-order valence-corrected chi connectivity index (χ0v) is 9.59. The number of aliphatic hydroxyl groups is 1. The van der Waals surface area contributed by atoms with E-state index in [0.29, 0.717) is 17.1 Å².